The fourth-order valence-electron chi connectivity index (χ4n) is 2.14. The van der Waals surface area contributed by atoms with Crippen LogP contribution in [0.2, 0.25) is 4.34 Å². The number of carbonyl (C=O) groups is 1. The van der Waals surface area contributed by atoms with E-state index in [4.69, 9.17) is 11.6 Å². The Morgan fingerprint density at radius 3 is 2.35 bits per heavy atom. The lowest BCUT2D eigenvalue weighted by Gasteiger charge is -2.12. The predicted molar refractivity (Wildman–Crippen MR) is 101 cm³/mol. The number of carbonyl (C=O) groups excluding carboxylic acids is 1. The number of anilines is 2. The van der Waals surface area contributed by atoms with Crippen molar-refractivity contribution in [1.82, 2.24) is 0 Å². The molecule has 0 atom stereocenters. The third kappa shape index (κ3) is 4.21. The van der Waals surface area contributed by atoms with Gasteiger partial charge in [0.1, 0.15) is 10.0 Å². The summed E-state index contributed by atoms with van der Waals surface area (Å²) in [5.41, 5.74) is 0.638. The fourth-order valence-corrected chi connectivity index (χ4v) is 4.70. The molecular formula is C17H12ClFN2O3S2. The van der Waals surface area contributed by atoms with Crippen LogP contribution in [-0.2, 0) is 10.0 Å². The first-order valence-corrected chi connectivity index (χ1v) is 9.97. The second-order valence-electron chi connectivity index (χ2n) is 5.17. The Labute approximate surface area is 158 Å². The van der Waals surface area contributed by atoms with E-state index in [1.165, 1.54) is 48.5 Å². The molecule has 0 aliphatic heterocycles. The normalized spacial score (nSPS) is 11.2. The molecule has 0 spiro atoms. The highest BCUT2D eigenvalue weighted by atomic mass is 35.5. The molecule has 134 valence electrons. The molecule has 2 N–H and O–H groups in total. The summed E-state index contributed by atoms with van der Waals surface area (Å²) in [5.74, 6) is -0.954. The molecule has 0 radical (unpaired) electrons. The third-order valence-electron chi connectivity index (χ3n) is 3.33. The molecule has 0 fully saturated rings. The number of sulfonamides is 1. The van der Waals surface area contributed by atoms with Crippen molar-refractivity contribution in [1.29, 1.82) is 0 Å². The summed E-state index contributed by atoms with van der Waals surface area (Å²) in [4.78, 5) is 12.5. The van der Waals surface area contributed by atoms with Gasteiger partial charge in [0.2, 0.25) is 0 Å². The van der Waals surface area contributed by atoms with Crippen molar-refractivity contribution in [3.05, 3.63) is 76.4 Å². The van der Waals surface area contributed by atoms with Crippen LogP contribution in [0.1, 0.15) is 10.4 Å². The van der Waals surface area contributed by atoms with Crippen LogP contribution in [0.15, 0.2) is 64.9 Å². The molecule has 0 aliphatic rings. The topological polar surface area (TPSA) is 75.3 Å². The van der Waals surface area contributed by atoms with E-state index in [0.29, 0.717) is 10.0 Å². The molecule has 1 heterocycles. The number of thiophene rings is 1. The first kappa shape index (κ1) is 18.4. The van der Waals surface area contributed by atoms with Crippen LogP contribution in [0.4, 0.5) is 15.8 Å². The van der Waals surface area contributed by atoms with Crippen molar-refractivity contribution >= 4 is 50.2 Å². The van der Waals surface area contributed by atoms with E-state index in [1.54, 1.807) is 12.1 Å². The van der Waals surface area contributed by atoms with Crippen LogP contribution in [0.25, 0.3) is 0 Å². The van der Waals surface area contributed by atoms with Gasteiger partial charge >= 0.3 is 0 Å². The number of rotatable bonds is 5. The Morgan fingerprint density at radius 1 is 1.00 bits per heavy atom. The zero-order valence-corrected chi connectivity index (χ0v) is 15.5. The first-order chi connectivity index (χ1) is 12.3. The fraction of sp³-hybridized carbons (Fsp3) is 0. The average molecular weight is 411 g/mol. The molecule has 9 heteroatoms. The molecule has 1 amide bonds. The minimum Gasteiger partial charge on any atom is -0.322 e. The van der Waals surface area contributed by atoms with Gasteiger partial charge in [-0.2, -0.15) is 0 Å². The lowest BCUT2D eigenvalue weighted by Crippen LogP contribution is -2.18. The average Bonchev–Trinajstić information content (AvgIpc) is 3.04. The van der Waals surface area contributed by atoms with E-state index in [1.807, 2.05) is 0 Å². The predicted octanol–water partition coefficient (Wildman–Crippen LogP) is 4.59. The van der Waals surface area contributed by atoms with Crippen LogP contribution >= 0.6 is 22.9 Å². The van der Waals surface area contributed by atoms with Crippen molar-refractivity contribution in [2.75, 3.05) is 10.0 Å². The number of hydrogen-bond donors (Lipinski definition) is 2. The summed E-state index contributed by atoms with van der Waals surface area (Å²) < 4.78 is 40.6. The zero-order chi connectivity index (χ0) is 18.7. The van der Waals surface area contributed by atoms with Crippen molar-refractivity contribution in [2.45, 2.75) is 4.21 Å². The quantitative estimate of drug-likeness (QED) is 0.645. The Kier molecular flexibility index (Phi) is 5.26. The van der Waals surface area contributed by atoms with Gasteiger partial charge < -0.3 is 5.32 Å². The van der Waals surface area contributed by atoms with Crippen LogP contribution in [0.3, 0.4) is 0 Å². The maximum atomic E-state index is 13.0. The molecule has 0 bridgehead atoms. The zero-order valence-electron chi connectivity index (χ0n) is 13.1. The van der Waals surface area contributed by atoms with E-state index < -0.39 is 21.7 Å². The smallest absolute Gasteiger partial charge is 0.271 e. The highest BCUT2D eigenvalue weighted by molar-refractivity contribution is 7.94. The largest absolute Gasteiger partial charge is 0.322 e. The highest BCUT2D eigenvalue weighted by Gasteiger charge is 2.20. The number of hydrogen-bond acceptors (Lipinski definition) is 4. The third-order valence-corrected chi connectivity index (χ3v) is 6.42. The van der Waals surface area contributed by atoms with Gasteiger partial charge in [0, 0.05) is 5.69 Å². The molecule has 26 heavy (non-hydrogen) atoms. The Bertz CT molecular complexity index is 1050. The Balaban J connectivity index is 1.86. The van der Waals surface area contributed by atoms with Gasteiger partial charge in [0.25, 0.3) is 15.9 Å². The summed E-state index contributed by atoms with van der Waals surface area (Å²) in [7, 11) is -3.87. The van der Waals surface area contributed by atoms with E-state index in [2.05, 4.69) is 10.0 Å². The molecule has 0 unspecified atom stereocenters. The van der Waals surface area contributed by atoms with Crippen LogP contribution in [0.5, 0.6) is 0 Å². The molecule has 0 saturated heterocycles. The van der Waals surface area contributed by atoms with Crippen LogP contribution < -0.4 is 10.0 Å². The minimum absolute atomic E-state index is 0.0382. The van der Waals surface area contributed by atoms with Gasteiger partial charge in [-0.05, 0) is 48.5 Å². The Morgan fingerprint density at radius 2 is 1.69 bits per heavy atom. The molecule has 5 nitrogen and oxygen atoms in total. The Hall–Kier alpha value is -2.42. The van der Waals surface area contributed by atoms with Gasteiger partial charge in [-0.15, -0.1) is 11.3 Å². The second-order valence-corrected chi connectivity index (χ2v) is 8.79. The minimum atomic E-state index is -3.87. The first-order valence-electron chi connectivity index (χ1n) is 7.29. The van der Waals surface area contributed by atoms with Crippen molar-refractivity contribution in [2.24, 2.45) is 0 Å². The summed E-state index contributed by atoms with van der Waals surface area (Å²) in [5, 5.41) is 2.60. The van der Waals surface area contributed by atoms with Crippen LogP contribution in [0, 0.1) is 5.82 Å². The molecular weight excluding hydrogens is 399 g/mol. The van der Waals surface area contributed by atoms with Crippen molar-refractivity contribution < 1.29 is 17.6 Å². The van der Waals surface area contributed by atoms with Gasteiger partial charge in [-0.3, -0.25) is 9.52 Å². The van der Waals surface area contributed by atoms with Gasteiger partial charge in [0.05, 0.1) is 15.6 Å². The van der Waals surface area contributed by atoms with E-state index >= 15 is 0 Å². The standard InChI is InChI=1S/C17H12ClFN2O3S2/c18-15-9-10-16(25-15)26(23,24)21-14-4-2-1-3-13(14)17(22)20-12-7-5-11(19)6-8-12/h1-10,21H,(H,20,22). The number of nitrogens with one attached hydrogen (secondary N) is 2. The highest BCUT2D eigenvalue weighted by Crippen LogP contribution is 2.28. The number of amides is 1. The van der Waals surface area contributed by atoms with Gasteiger partial charge in [0.15, 0.2) is 0 Å². The number of benzene rings is 2. The molecule has 3 rings (SSSR count). The summed E-state index contributed by atoms with van der Waals surface area (Å²) in [6.07, 6.45) is 0. The van der Waals surface area contributed by atoms with E-state index in [-0.39, 0.29) is 15.5 Å². The maximum absolute atomic E-state index is 13.0. The van der Waals surface area contributed by atoms with Gasteiger partial charge in [-0.25, -0.2) is 12.8 Å². The molecule has 3 aromatic rings. The number of halogens is 2. The summed E-state index contributed by atoms with van der Waals surface area (Å²) in [6.45, 7) is 0. The SMILES string of the molecule is O=C(Nc1ccc(F)cc1)c1ccccc1NS(=O)(=O)c1ccc(Cl)s1. The van der Waals surface area contributed by atoms with Crippen molar-refractivity contribution in [3.63, 3.8) is 0 Å². The molecule has 0 saturated carbocycles. The summed E-state index contributed by atoms with van der Waals surface area (Å²) >= 11 is 6.70. The molecule has 2 aromatic carbocycles. The van der Waals surface area contributed by atoms with E-state index in [0.717, 1.165) is 11.3 Å². The lowest BCUT2D eigenvalue weighted by molar-refractivity contribution is 0.102. The monoisotopic (exact) mass is 410 g/mol. The maximum Gasteiger partial charge on any atom is 0.271 e. The molecule has 1 aromatic heterocycles. The second kappa shape index (κ2) is 7.45. The van der Waals surface area contributed by atoms with Gasteiger partial charge in [-0.1, -0.05) is 23.7 Å². The van der Waals surface area contributed by atoms with E-state index in [9.17, 15) is 17.6 Å². The van der Waals surface area contributed by atoms with Crippen LogP contribution in [-0.4, -0.2) is 14.3 Å². The number of para-hydroxylation sites is 1. The molecule has 0 aliphatic carbocycles. The van der Waals surface area contributed by atoms with Crippen molar-refractivity contribution in [3.8, 4) is 0 Å². The summed E-state index contributed by atoms with van der Waals surface area (Å²) in [6, 6.07) is 14.3. The lowest BCUT2D eigenvalue weighted by atomic mass is 10.1.